The molecule has 0 bridgehead atoms. The van der Waals surface area contributed by atoms with Crippen molar-refractivity contribution in [2.45, 2.75) is 37.3 Å². The van der Waals surface area contributed by atoms with Gasteiger partial charge in [-0.3, -0.25) is 4.79 Å². The molecule has 4 rings (SSSR count). The number of piperidine rings is 1. The smallest absolute Gasteiger partial charge is 0.252 e. The summed E-state index contributed by atoms with van der Waals surface area (Å²) in [6, 6.07) is 9.24. The van der Waals surface area contributed by atoms with Crippen LogP contribution in [0.1, 0.15) is 31.2 Å². The summed E-state index contributed by atoms with van der Waals surface area (Å²) < 4.78 is 33.0. The Labute approximate surface area is 185 Å². The van der Waals surface area contributed by atoms with E-state index in [1.807, 2.05) is 31.2 Å². The molecule has 1 aromatic carbocycles. The van der Waals surface area contributed by atoms with Crippen molar-refractivity contribution in [3.63, 3.8) is 0 Å². The SMILES string of the molecule is CCc1ccccc1NC(=O)C1CCCN(S(=O)(=O)c2cc(-c3noc(C)n3)cs2)C1. The van der Waals surface area contributed by atoms with Crippen LogP contribution in [0.2, 0.25) is 0 Å². The van der Waals surface area contributed by atoms with E-state index in [1.165, 1.54) is 4.31 Å². The molecule has 1 unspecified atom stereocenters. The quantitative estimate of drug-likeness (QED) is 0.601. The summed E-state index contributed by atoms with van der Waals surface area (Å²) in [6.45, 7) is 4.27. The number of thiophene rings is 1. The number of rotatable bonds is 6. The summed E-state index contributed by atoms with van der Waals surface area (Å²) in [7, 11) is -3.71. The fourth-order valence-corrected chi connectivity index (χ4v) is 6.51. The Kier molecular flexibility index (Phi) is 6.22. The van der Waals surface area contributed by atoms with E-state index in [0.29, 0.717) is 36.7 Å². The third-order valence-electron chi connectivity index (χ3n) is 5.37. The van der Waals surface area contributed by atoms with Gasteiger partial charge < -0.3 is 9.84 Å². The Morgan fingerprint density at radius 2 is 2.16 bits per heavy atom. The molecule has 1 saturated heterocycles. The van der Waals surface area contributed by atoms with Gasteiger partial charge in [0.05, 0.1) is 5.92 Å². The number of hydrogen-bond donors (Lipinski definition) is 1. The van der Waals surface area contributed by atoms with Crippen molar-refractivity contribution < 1.29 is 17.7 Å². The molecular formula is C21H24N4O4S2. The highest BCUT2D eigenvalue weighted by Gasteiger charge is 2.34. The average molecular weight is 461 g/mol. The lowest BCUT2D eigenvalue weighted by molar-refractivity contribution is -0.120. The van der Waals surface area contributed by atoms with Gasteiger partial charge >= 0.3 is 0 Å². The Balaban J connectivity index is 1.48. The fraction of sp³-hybridized carbons (Fsp3) is 0.381. The largest absolute Gasteiger partial charge is 0.339 e. The fourth-order valence-electron chi connectivity index (χ4n) is 3.67. The summed E-state index contributed by atoms with van der Waals surface area (Å²) in [5, 5.41) is 8.53. The van der Waals surface area contributed by atoms with Crippen LogP contribution >= 0.6 is 11.3 Å². The third kappa shape index (κ3) is 4.56. The van der Waals surface area contributed by atoms with Crippen LogP contribution in [0, 0.1) is 12.8 Å². The van der Waals surface area contributed by atoms with Gasteiger partial charge in [-0.25, -0.2) is 8.42 Å². The van der Waals surface area contributed by atoms with Crippen molar-refractivity contribution in [3.05, 3.63) is 47.2 Å². The van der Waals surface area contributed by atoms with Gasteiger partial charge in [-0.15, -0.1) is 11.3 Å². The van der Waals surface area contributed by atoms with E-state index >= 15 is 0 Å². The molecule has 0 aliphatic carbocycles. The van der Waals surface area contributed by atoms with Crippen LogP contribution in [0.4, 0.5) is 5.69 Å². The first-order valence-corrected chi connectivity index (χ1v) is 12.5. The number of sulfonamides is 1. The number of aryl methyl sites for hydroxylation is 2. The Morgan fingerprint density at radius 3 is 2.90 bits per heavy atom. The van der Waals surface area contributed by atoms with Crippen molar-refractivity contribution in [1.82, 2.24) is 14.4 Å². The lowest BCUT2D eigenvalue weighted by Gasteiger charge is -2.31. The number of nitrogens with zero attached hydrogens (tertiary/aromatic N) is 3. The molecule has 1 atom stereocenters. The van der Waals surface area contributed by atoms with E-state index in [0.717, 1.165) is 29.0 Å². The normalized spacial score (nSPS) is 17.5. The van der Waals surface area contributed by atoms with E-state index in [2.05, 4.69) is 15.5 Å². The van der Waals surface area contributed by atoms with E-state index in [-0.39, 0.29) is 16.7 Å². The molecule has 8 nitrogen and oxygen atoms in total. The first-order valence-electron chi connectivity index (χ1n) is 10.2. The summed E-state index contributed by atoms with van der Waals surface area (Å²) >= 11 is 1.12. The number of amides is 1. The molecule has 10 heteroatoms. The number of nitrogens with one attached hydrogen (secondary N) is 1. The van der Waals surface area contributed by atoms with Crippen LogP contribution in [0.3, 0.4) is 0 Å². The van der Waals surface area contributed by atoms with Gasteiger partial charge in [0, 0.05) is 36.6 Å². The molecule has 0 radical (unpaired) electrons. The molecule has 3 heterocycles. The zero-order valence-electron chi connectivity index (χ0n) is 17.4. The van der Waals surface area contributed by atoms with Crippen LogP contribution in [-0.4, -0.2) is 41.9 Å². The number of carbonyl (C=O) groups is 1. The van der Waals surface area contributed by atoms with Crippen LogP contribution in [0.5, 0.6) is 0 Å². The first kappa shape index (κ1) is 21.7. The topological polar surface area (TPSA) is 105 Å². The van der Waals surface area contributed by atoms with Crippen molar-refractivity contribution in [1.29, 1.82) is 0 Å². The number of carbonyl (C=O) groups excluding carboxylic acids is 1. The molecule has 1 aliphatic rings. The van der Waals surface area contributed by atoms with Gasteiger partial charge in [0.2, 0.25) is 17.6 Å². The molecule has 31 heavy (non-hydrogen) atoms. The van der Waals surface area contributed by atoms with Gasteiger partial charge in [0.15, 0.2) is 0 Å². The minimum Gasteiger partial charge on any atom is -0.339 e. The van der Waals surface area contributed by atoms with Crippen molar-refractivity contribution in [2.75, 3.05) is 18.4 Å². The zero-order chi connectivity index (χ0) is 22.0. The molecule has 1 aliphatic heterocycles. The maximum absolute atomic E-state index is 13.2. The molecule has 3 aromatic rings. The summed E-state index contributed by atoms with van der Waals surface area (Å²) in [5.74, 6) is 0.239. The third-order valence-corrected chi connectivity index (χ3v) is 8.65. The van der Waals surface area contributed by atoms with Gasteiger partial charge in [0.25, 0.3) is 10.0 Å². The van der Waals surface area contributed by atoms with Crippen molar-refractivity contribution in [2.24, 2.45) is 5.92 Å². The summed E-state index contributed by atoms with van der Waals surface area (Å²) in [5.41, 5.74) is 2.44. The number of para-hydroxylation sites is 1. The maximum Gasteiger partial charge on any atom is 0.252 e. The monoisotopic (exact) mass is 460 g/mol. The Bertz CT molecular complexity index is 1190. The molecule has 1 fully saturated rings. The Hall–Kier alpha value is -2.56. The highest BCUT2D eigenvalue weighted by atomic mass is 32.2. The molecule has 1 amide bonds. The lowest BCUT2D eigenvalue weighted by atomic mass is 9.98. The van der Waals surface area contributed by atoms with Crippen LogP contribution in [-0.2, 0) is 21.2 Å². The second-order valence-corrected chi connectivity index (χ2v) is 10.6. The number of aromatic nitrogens is 2. The van der Waals surface area contributed by atoms with Gasteiger partial charge in [-0.05, 0) is 37.0 Å². The molecule has 1 N–H and O–H groups in total. The molecule has 164 valence electrons. The minimum atomic E-state index is -3.71. The van der Waals surface area contributed by atoms with Crippen molar-refractivity contribution in [3.8, 4) is 11.4 Å². The lowest BCUT2D eigenvalue weighted by Crippen LogP contribution is -2.43. The van der Waals surface area contributed by atoms with E-state index < -0.39 is 15.9 Å². The van der Waals surface area contributed by atoms with Crippen LogP contribution < -0.4 is 5.32 Å². The van der Waals surface area contributed by atoms with Crippen LogP contribution in [0.15, 0.2) is 44.4 Å². The van der Waals surface area contributed by atoms with Gasteiger partial charge in [-0.2, -0.15) is 9.29 Å². The van der Waals surface area contributed by atoms with Gasteiger partial charge in [0.1, 0.15) is 4.21 Å². The highest BCUT2D eigenvalue weighted by molar-refractivity contribution is 7.91. The molecular weight excluding hydrogens is 436 g/mol. The second-order valence-electron chi connectivity index (χ2n) is 7.49. The van der Waals surface area contributed by atoms with E-state index in [4.69, 9.17) is 4.52 Å². The van der Waals surface area contributed by atoms with Crippen LogP contribution in [0.25, 0.3) is 11.4 Å². The summed E-state index contributed by atoms with van der Waals surface area (Å²) in [4.78, 5) is 17.0. The highest BCUT2D eigenvalue weighted by Crippen LogP contribution is 2.31. The number of benzene rings is 1. The predicted molar refractivity (Wildman–Crippen MR) is 118 cm³/mol. The maximum atomic E-state index is 13.2. The molecule has 2 aromatic heterocycles. The molecule has 0 saturated carbocycles. The first-order chi connectivity index (χ1) is 14.9. The predicted octanol–water partition coefficient (Wildman–Crippen LogP) is 3.71. The standard InChI is InChI=1S/C21H24N4O4S2/c1-3-15-7-4-5-9-18(15)23-21(26)16-8-6-10-25(12-16)31(27,28)19-11-17(13-30-19)20-22-14(2)29-24-20/h4-5,7,9,11,13,16H,3,6,8,10,12H2,1-2H3,(H,23,26). The van der Waals surface area contributed by atoms with Crippen molar-refractivity contribution >= 4 is 33.0 Å². The minimum absolute atomic E-state index is 0.144. The van der Waals surface area contributed by atoms with Gasteiger partial charge in [-0.1, -0.05) is 30.3 Å². The van der Waals surface area contributed by atoms with E-state index in [1.54, 1.807) is 18.4 Å². The average Bonchev–Trinajstić information content (AvgIpc) is 3.44. The number of anilines is 1. The number of hydrogen-bond acceptors (Lipinski definition) is 7. The zero-order valence-corrected chi connectivity index (χ0v) is 19.0. The van der Waals surface area contributed by atoms with E-state index in [9.17, 15) is 13.2 Å². The molecule has 0 spiro atoms. The Morgan fingerprint density at radius 1 is 1.35 bits per heavy atom. The summed E-state index contributed by atoms with van der Waals surface area (Å²) in [6.07, 6.45) is 2.10. The second kappa shape index (κ2) is 8.89.